The summed E-state index contributed by atoms with van der Waals surface area (Å²) < 4.78 is 11.7. The third kappa shape index (κ3) is 2.79. The molecule has 2 fully saturated rings. The molecule has 1 aliphatic carbocycles. The van der Waals surface area contributed by atoms with Crippen molar-refractivity contribution in [2.75, 3.05) is 26.3 Å². The minimum Gasteiger partial charge on any atom is -0.493 e. The first-order valence-electron chi connectivity index (χ1n) is 6.47. The summed E-state index contributed by atoms with van der Waals surface area (Å²) in [4.78, 5) is 0. The van der Waals surface area contributed by atoms with Crippen LogP contribution >= 0.6 is 0 Å². The average molecular weight is 233 g/mol. The number of ether oxygens (including phenoxy) is 2. The summed E-state index contributed by atoms with van der Waals surface area (Å²) in [6.07, 6.45) is 2.78. The molecule has 1 unspecified atom stereocenters. The molecule has 1 aromatic rings. The second-order valence-electron chi connectivity index (χ2n) is 4.86. The Morgan fingerprint density at radius 2 is 2.18 bits per heavy atom. The van der Waals surface area contributed by atoms with Gasteiger partial charge < -0.3 is 14.8 Å². The lowest BCUT2D eigenvalue weighted by atomic mass is 10.1. The molecule has 1 saturated heterocycles. The minimum absolute atomic E-state index is 0.138. The van der Waals surface area contributed by atoms with Crippen LogP contribution in [0, 0.1) is 5.92 Å². The van der Waals surface area contributed by atoms with Gasteiger partial charge in [0.2, 0.25) is 0 Å². The second kappa shape index (κ2) is 5.07. The maximum absolute atomic E-state index is 5.91. The lowest BCUT2D eigenvalue weighted by Gasteiger charge is -2.25. The summed E-state index contributed by atoms with van der Waals surface area (Å²) in [6, 6.07) is 8.24. The molecule has 1 aromatic carbocycles. The Bertz CT molecular complexity index is 370. The number of morpholine rings is 1. The summed E-state index contributed by atoms with van der Waals surface area (Å²) in [5, 5.41) is 3.36. The predicted molar refractivity (Wildman–Crippen MR) is 66.2 cm³/mol. The predicted octanol–water partition coefficient (Wildman–Crippen LogP) is 2.14. The van der Waals surface area contributed by atoms with E-state index < -0.39 is 0 Å². The molecule has 0 amide bonds. The van der Waals surface area contributed by atoms with E-state index in [0.29, 0.717) is 0 Å². The Morgan fingerprint density at radius 1 is 1.29 bits per heavy atom. The first-order valence-corrected chi connectivity index (χ1v) is 6.47. The van der Waals surface area contributed by atoms with Gasteiger partial charge in [-0.15, -0.1) is 0 Å². The molecule has 2 aliphatic rings. The van der Waals surface area contributed by atoms with Crippen molar-refractivity contribution in [2.45, 2.75) is 18.9 Å². The maximum Gasteiger partial charge on any atom is 0.125 e. The standard InChI is InChI=1S/C14H19NO2/c1-2-4-13(17-10-11-5-6-11)12(3-1)14-9-15-7-8-16-14/h1-4,11,14-15H,5-10H2. The Morgan fingerprint density at radius 3 is 2.94 bits per heavy atom. The van der Waals surface area contributed by atoms with Gasteiger partial charge in [-0.2, -0.15) is 0 Å². The summed E-state index contributed by atoms with van der Waals surface area (Å²) >= 11 is 0. The van der Waals surface area contributed by atoms with Gasteiger partial charge in [-0.25, -0.2) is 0 Å². The van der Waals surface area contributed by atoms with E-state index in [0.717, 1.165) is 38.0 Å². The van der Waals surface area contributed by atoms with Gasteiger partial charge in [0, 0.05) is 18.7 Å². The Kier molecular flexibility index (Phi) is 3.29. The third-order valence-electron chi connectivity index (χ3n) is 3.36. The number of benzene rings is 1. The Labute approximate surface area is 102 Å². The summed E-state index contributed by atoms with van der Waals surface area (Å²) in [7, 11) is 0. The summed E-state index contributed by atoms with van der Waals surface area (Å²) in [5.74, 6) is 1.78. The molecule has 3 nitrogen and oxygen atoms in total. The van der Waals surface area contributed by atoms with Crippen molar-refractivity contribution in [3.8, 4) is 5.75 Å². The SMILES string of the molecule is c1ccc(C2CNCCO2)c(OCC2CC2)c1. The van der Waals surface area contributed by atoms with Crippen LogP contribution in [0.3, 0.4) is 0 Å². The molecule has 0 aromatic heterocycles. The average Bonchev–Trinajstić information content (AvgIpc) is 3.22. The molecule has 1 heterocycles. The highest BCUT2D eigenvalue weighted by Gasteiger charge is 2.24. The van der Waals surface area contributed by atoms with Crippen LogP contribution in [0.4, 0.5) is 0 Å². The van der Waals surface area contributed by atoms with E-state index in [1.807, 2.05) is 6.07 Å². The zero-order chi connectivity index (χ0) is 11.5. The minimum atomic E-state index is 0.138. The van der Waals surface area contributed by atoms with E-state index in [1.165, 1.54) is 18.4 Å². The lowest BCUT2D eigenvalue weighted by molar-refractivity contribution is 0.0258. The van der Waals surface area contributed by atoms with Gasteiger partial charge in [0.1, 0.15) is 5.75 Å². The first-order chi connectivity index (χ1) is 8.43. The topological polar surface area (TPSA) is 30.5 Å². The first kappa shape index (κ1) is 11.1. The molecule has 1 saturated carbocycles. The molecule has 0 spiro atoms. The number of hydrogen-bond donors (Lipinski definition) is 1. The van der Waals surface area contributed by atoms with Gasteiger partial charge >= 0.3 is 0 Å². The van der Waals surface area contributed by atoms with Gasteiger partial charge in [-0.3, -0.25) is 0 Å². The summed E-state index contributed by atoms with van der Waals surface area (Å²) in [6.45, 7) is 3.46. The van der Waals surface area contributed by atoms with E-state index in [1.54, 1.807) is 0 Å². The van der Waals surface area contributed by atoms with Crippen LogP contribution in [0.5, 0.6) is 5.75 Å². The van der Waals surface area contributed by atoms with E-state index in [-0.39, 0.29) is 6.10 Å². The quantitative estimate of drug-likeness (QED) is 0.864. The van der Waals surface area contributed by atoms with Gasteiger partial charge in [-0.05, 0) is 24.8 Å². The molecule has 0 bridgehead atoms. The van der Waals surface area contributed by atoms with Gasteiger partial charge in [0.15, 0.2) is 0 Å². The lowest BCUT2D eigenvalue weighted by Crippen LogP contribution is -2.33. The van der Waals surface area contributed by atoms with Crippen LogP contribution in [0.2, 0.25) is 0 Å². The van der Waals surface area contributed by atoms with Crippen molar-refractivity contribution in [1.82, 2.24) is 5.32 Å². The number of para-hydroxylation sites is 1. The van der Waals surface area contributed by atoms with E-state index in [2.05, 4.69) is 23.5 Å². The van der Waals surface area contributed by atoms with Crippen LogP contribution in [0.25, 0.3) is 0 Å². The zero-order valence-electron chi connectivity index (χ0n) is 10.0. The smallest absolute Gasteiger partial charge is 0.125 e. The molecule has 3 heteroatoms. The van der Waals surface area contributed by atoms with Crippen LogP contribution in [-0.2, 0) is 4.74 Å². The molecule has 1 aliphatic heterocycles. The number of nitrogens with one attached hydrogen (secondary N) is 1. The molecule has 0 radical (unpaired) electrons. The largest absolute Gasteiger partial charge is 0.493 e. The fourth-order valence-electron chi connectivity index (χ4n) is 2.14. The molecule has 92 valence electrons. The van der Waals surface area contributed by atoms with Crippen molar-refractivity contribution >= 4 is 0 Å². The second-order valence-corrected chi connectivity index (χ2v) is 4.86. The molecule has 3 rings (SSSR count). The van der Waals surface area contributed by atoms with E-state index >= 15 is 0 Å². The fraction of sp³-hybridized carbons (Fsp3) is 0.571. The number of rotatable bonds is 4. The Hall–Kier alpha value is -1.06. The van der Waals surface area contributed by atoms with E-state index in [9.17, 15) is 0 Å². The monoisotopic (exact) mass is 233 g/mol. The van der Waals surface area contributed by atoms with Gasteiger partial charge in [0.05, 0.1) is 19.3 Å². The highest BCUT2D eigenvalue weighted by atomic mass is 16.5. The Balaban J connectivity index is 1.71. The van der Waals surface area contributed by atoms with Gasteiger partial charge in [0.25, 0.3) is 0 Å². The van der Waals surface area contributed by atoms with Crippen LogP contribution in [0.1, 0.15) is 24.5 Å². The molecular weight excluding hydrogens is 214 g/mol. The molecular formula is C14H19NO2. The molecule has 17 heavy (non-hydrogen) atoms. The number of hydrogen-bond acceptors (Lipinski definition) is 3. The fourth-order valence-corrected chi connectivity index (χ4v) is 2.14. The van der Waals surface area contributed by atoms with Gasteiger partial charge in [-0.1, -0.05) is 18.2 Å². The molecule has 1 N–H and O–H groups in total. The highest BCUT2D eigenvalue weighted by Crippen LogP contribution is 2.32. The van der Waals surface area contributed by atoms with Crippen molar-refractivity contribution in [3.05, 3.63) is 29.8 Å². The molecule has 1 atom stereocenters. The third-order valence-corrected chi connectivity index (χ3v) is 3.36. The van der Waals surface area contributed by atoms with Crippen LogP contribution < -0.4 is 10.1 Å². The normalized spacial score (nSPS) is 24.6. The van der Waals surface area contributed by atoms with Crippen molar-refractivity contribution in [3.63, 3.8) is 0 Å². The van der Waals surface area contributed by atoms with Crippen LogP contribution in [0.15, 0.2) is 24.3 Å². The summed E-state index contributed by atoms with van der Waals surface area (Å²) in [5.41, 5.74) is 1.18. The van der Waals surface area contributed by atoms with E-state index in [4.69, 9.17) is 9.47 Å². The van der Waals surface area contributed by atoms with Crippen molar-refractivity contribution < 1.29 is 9.47 Å². The van der Waals surface area contributed by atoms with Crippen molar-refractivity contribution in [2.24, 2.45) is 5.92 Å². The highest BCUT2D eigenvalue weighted by molar-refractivity contribution is 5.35. The maximum atomic E-state index is 5.91. The zero-order valence-corrected chi connectivity index (χ0v) is 10.0. The van der Waals surface area contributed by atoms with Crippen LogP contribution in [-0.4, -0.2) is 26.3 Å². The van der Waals surface area contributed by atoms with Crippen molar-refractivity contribution in [1.29, 1.82) is 0 Å².